The van der Waals surface area contributed by atoms with Crippen LogP contribution in [0, 0.1) is 0 Å². The molecule has 0 aliphatic heterocycles. The number of nitrogens with two attached hydrogens (primary N) is 1. The molecule has 0 fully saturated rings. The summed E-state index contributed by atoms with van der Waals surface area (Å²) in [6.45, 7) is 3.95. The Kier molecular flexibility index (Phi) is 49.6. The predicted molar refractivity (Wildman–Crippen MR) is 272 cm³/mol. The van der Waals surface area contributed by atoms with E-state index in [9.17, 15) is 19.0 Å². The average molecular weight is 944 g/mol. The van der Waals surface area contributed by atoms with E-state index in [4.69, 9.17) is 29.4 Å². The highest BCUT2D eigenvalue weighted by Crippen LogP contribution is 2.43. The van der Waals surface area contributed by atoms with E-state index in [0.29, 0.717) is 6.61 Å². The van der Waals surface area contributed by atoms with E-state index in [0.717, 1.165) is 38.5 Å². The number of ether oxygens (including phenoxy) is 2. The van der Waals surface area contributed by atoms with E-state index in [-0.39, 0.29) is 13.0 Å². The first-order chi connectivity index (χ1) is 31.7. The zero-order valence-electron chi connectivity index (χ0n) is 42.6. The Morgan fingerprint density at radius 2 is 0.800 bits per heavy atom. The number of carboxylic acids is 1. The normalized spacial score (nSPS) is 13.7. The number of hydrogen-bond acceptors (Lipinski definition) is 8. The molecule has 0 aromatic rings. The van der Waals surface area contributed by atoms with E-state index in [1.54, 1.807) is 0 Å². The maximum absolute atomic E-state index is 12.7. The topological polar surface area (TPSA) is 155 Å². The highest BCUT2D eigenvalue weighted by atomic mass is 31.2. The lowest BCUT2D eigenvalue weighted by Gasteiger charge is -2.20. The molecular formula is C54H106NO9P. The first-order valence-corrected chi connectivity index (χ1v) is 29.2. The Morgan fingerprint density at radius 3 is 1.17 bits per heavy atom. The number of allylic oxidation sites excluding steroid dienone is 2. The predicted octanol–water partition coefficient (Wildman–Crippen LogP) is 16.4. The molecule has 0 aliphatic carbocycles. The van der Waals surface area contributed by atoms with Crippen molar-refractivity contribution in [2.75, 3.05) is 26.4 Å². The van der Waals surface area contributed by atoms with Crippen LogP contribution in [0.2, 0.25) is 0 Å². The van der Waals surface area contributed by atoms with Crippen LogP contribution in [0.4, 0.5) is 0 Å². The fourth-order valence-corrected chi connectivity index (χ4v) is 9.03. The van der Waals surface area contributed by atoms with Crippen LogP contribution in [0.25, 0.3) is 0 Å². The molecule has 3 atom stereocenters. The molecule has 0 aliphatic rings. The highest BCUT2D eigenvalue weighted by molar-refractivity contribution is 7.47. The summed E-state index contributed by atoms with van der Waals surface area (Å²) in [5, 5.41) is 8.94. The van der Waals surface area contributed by atoms with Gasteiger partial charge in [0.15, 0.2) is 0 Å². The molecule has 0 radical (unpaired) electrons. The van der Waals surface area contributed by atoms with Crippen molar-refractivity contribution in [1.82, 2.24) is 0 Å². The van der Waals surface area contributed by atoms with Crippen LogP contribution in [-0.2, 0) is 32.7 Å². The van der Waals surface area contributed by atoms with Gasteiger partial charge in [0.25, 0.3) is 0 Å². The lowest BCUT2D eigenvalue weighted by molar-refractivity contribution is -0.154. The highest BCUT2D eigenvalue weighted by Gasteiger charge is 2.27. The lowest BCUT2D eigenvalue weighted by atomic mass is 10.0. The van der Waals surface area contributed by atoms with Crippen molar-refractivity contribution in [3.8, 4) is 0 Å². The third-order valence-corrected chi connectivity index (χ3v) is 13.5. The molecule has 386 valence electrons. The van der Waals surface area contributed by atoms with E-state index >= 15 is 0 Å². The Hall–Kier alpha value is -1.29. The van der Waals surface area contributed by atoms with E-state index in [1.807, 2.05) is 0 Å². The molecule has 4 N–H and O–H groups in total. The quantitative estimate of drug-likeness (QED) is 0.0232. The molecule has 65 heavy (non-hydrogen) atoms. The largest absolute Gasteiger partial charge is 0.480 e. The van der Waals surface area contributed by atoms with Gasteiger partial charge in [-0.1, -0.05) is 251 Å². The number of phosphoric ester groups is 1. The summed E-state index contributed by atoms with van der Waals surface area (Å²) >= 11 is 0. The molecule has 11 heteroatoms. The average Bonchev–Trinajstić information content (AvgIpc) is 3.29. The van der Waals surface area contributed by atoms with Gasteiger partial charge in [-0.2, -0.15) is 0 Å². The van der Waals surface area contributed by atoms with Crippen LogP contribution in [0.15, 0.2) is 12.2 Å². The molecule has 0 saturated carbocycles. The van der Waals surface area contributed by atoms with Crippen LogP contribution < -0.4 is 5.73 Å². The Balaban J connectivity index is 4.05. The van der Waals surface area contributed by atoms with Crippen LogP contribution in [-0.4, -0.2) is 60.5 Å². The first kappa shape index (κ1) is 63.7. The lowest BCUT2D eigenvalue weighted by Crippen LogP contribution is -2.34. The van der Waals surface area contributed by atoms with E-state index in [2.05, 4.69) is 26.0 Å². The Bertz CT molecular complexity index is 1090. The smallest absolute Gasteiger partial charge is 0.472 e. The third kappa shape index (κ3) is 50.4. The molecular weight excluding hydrogens is 838 g/mol. The van der Waals surface area contributed by atoms with Crippen molar-refractivity contribution in [3.05, 3.63) is 12.2 Å². The Labute approximate surface area is 401 Å². The van der Waals surface area contributed by atoms with E-state index < -0.39 is 45.1 Å². The second-order valence-electron chi connectivity index (χ2n) is 19.1. The SMILES string of the molecule is CCCCCCCC/C=C\CCCCCCCCCCCCOCC(COP(=O)(O)OCC(N)C(=O)O)OC(=O)CCCCCCCCCCCCCCCCCCCCCCCCC. The second-order valence-corrected chi connectivity index (χ2v) is 20.5. The van der Waals surface area contributed by atoms with Crippen LogP contribution >= 0.6 is 7.82 Å². The molecule has 0 aromatic heterocycles. The minimum atomic E-state index is -4.62. The molecule has 0 bridgehead atoms. The molecule has 0 saturated heterocycles. The van der Waals surface area contributed by atoms with Crippen molar-refractivity contribution < 1.29 is 42.7 Å². The summed E-state index contributed by atoms with van der Waals surface area (Å²) in [5.74, 6) is -1.76. The van der Waals surface area contributed by atoms with E-state index in [1.165, 1.54) is 225 Å². The number of aliphatic carboxylic acids is 1. The summed E-state index contributed by atoms with van der Waals surface area (Å²) in [6, 6.07) is -1.47. The molecule has 0 rings (SSSR count). The van der Waals surface area contributed by atoms with Crippen molar-refractivity contribution >= 4 is 19.8 Å². The fraction of sp³-hybridized carbons (Fsp3) is 0.926. The van der Waals surface area contributed by atoms with Crippen molar-refractivity contribution in [1.29, 1.82) is 0 Å². The molecule has 10 nitrogen and oxygen atoms in total. The van der Waals surface area contributed by atoms with Gasteiger partial charge < -0.3 is 25.2 Å². The first-order valence-electron chi connectivity index (χ1n) is 27.7. The van der Waals surface area contributed by atoms with Crippen LogP contribution in [0.1, 0.15) is 284 Å². The van der Waals surface area contributed by atoms with Crippen LogP contribution in [0.3, 0.4) is 0 Å². The van der Waals surface area contributed by atoms with Crippen LogP contribution in [0.5, 0.6) is 0 Å². The van der Waals surface area contributed by atoms with Gasteiger partial charge >= 0.3 is 19.8 Å². The monoisotopic (exact) mass is 944 g/mol. The number of hydrogen-bond donors (Lipinski definition) is 3. The molecule has 0 amide bonds. The maximum atomic E-state index is 12.7. The minimum absolute atomic E-state index is 0.0225. The molecule has 0 spiro atoms. The van der Waals surface area contributed by atoms with Crippen molar-refractivity contribution in [3.63, 3.8) is 0 Å². The number of phosphoric acid groups is 1. The number of carboxylic acid groups (broad SMARTS) is 1. The van der Waals surface area contributed by atoms with Gasteiger partial charge in [-0.3, -0.25) is 18.6 Å². The van der Waals surface area contributed by atoms with Gasteiger partial charge in [0, 0.05) is 13.0 Å². The second kappa shape index (κ2) is 50.6. The molecule has 0 heterocycles. The maximum Gasteiger partial charge on any atom is 0.472 e. The molecule has 3 unspecified atom stereocenters. The summed E-state index contributed by atoms with van der Waals surface area (Å²) in [4.78, 5) is 33.8. The zero-order valence-corrected chi connectivity index (χ0v) is 43.5. The summed E-state index contributed by atoms with van der Waals surface area (Å²) in [5.41, 5.74) is 5.38. The number of unbranched alkanes of at least 4 members (excludes halogenated alkanes) is 38. The number of carbonyl (C=O) groups is 2. The van der Waals surface area contributed by atoms with Gasteiger partial charge in [0.05, 0.1) is 19.8 Å². The summed E-state index contributed by atoms with van der Waals surface area (Å²) in [7, 11) is -4.62. The van der Waals surface area contributed by atoms with Crippen molar-refractivity contribution in [2.45, 2.75) is 296 Å². The van der Waals surface area contributed by atoms with Gasteiger partial charge in [-0.25, -0.2) is 4.57 Å². The number of esters is 1. The third-order valence-electron chi connectivity index (χ3n) is 12.5. The Morgan fingerprint density at radius 1 is 0.477 bits per heavy atom. The number of rotatable bonds is 54. The minimum Gasteiger partial charge on any atom is -0.480 e. The zero-order chi connectivity index (χ0) is 47.6. The van der Waals surface area contributed by atoms with Crippen molar-refractivity contribution in [2.24, 2.45) is 5.73 Å². The summed E-state index contributed by atoms with van der Waals surface area (Å²) in [6.07, 6.45) is 57.0. The fourth-order valence-electron chi connectivity index (χ4n) is 8.25. The van der Waals surface area contributed by atoms with Gasteiger partial charge in [-0.05, 0) is 38.5 Å². The van der Waals surface area contributed by atoms with Gasteiger partial charge in [-0.15, -0.1) is 0 Å². The molecule has 0 aromatic carbocycles. The number of carbonyl (C=O) groups excluding carboxylic acids is 1. The van der Waals surface area contributed by atoms with Gasteiger partial charge in [0.2, 0.25) is 0 Å². The standard InChI is InChI=1S/C54H106NO9P/c1-3-5-7-9-11-13-15-17-19-21-23-25-26-27-28-30-32-34-36-38-40-42-44-46-53(56)64-51(49-62-65(59,60)63-50-52(55)54(57)58)48-61-47-45-43-41-39-37-35-33-31-29-24-22-20-18-16-14-12-10-8-6-4-2/h18,20,51-52H,3-17,19,21-50,55H2,1-2H3,(H,57,58)(H,59,60)/b20-18-. The summed E-state index contributed by atoms with van der Waals surface area (Å²) < 4.78 is 33.6. The van der Waals surface area contributed by atoms with Gasteiger partial charge in [0.1, 0.15) is 12.1 Å².